The Bertz CT molecular complexity index is 1210. The maximum absolute atomic E-state index is 12.8. The quantitative estimate of drug-likeness (QED) is 0.557. The maximum atomic E-state index is 12.8. The van der Waals surface area contributed by atoms with Crippen molar-refractivity contribution >= 4 is 34.4 Å². The summed E-state index contributed by atoms with van der Waals surface area (Å²) in [5.41, 5.74) is 4.53. The van der Waals surface area contributed by atoms with E-state index in [4.69, 9.17) is 4.74 Å². The highest BCUT2D eigenvalue weighted by atomic mass is 32.1. The van der Waals surface area contributed by atoms with Crippen LogP contribution >= 0.6 is 11.3 Å². The summed E-state index contributed by atoms with van der Waals surface area (Å²) in [5, 5.41) is 12.2. The number of fused-ring (bicyclic) bond motifs is 3. The van der Waals surface area contributed by atoms with E-state index < -0.39 is 18.1 Å². The van der Waals surface area contributed by atoms with Gasteiger partial charge in [-0.1, -0.05) is 59.9 Å². The minimum atomic E-state index is -1.01. The van der Waals surface area contributed by atoms with Crippen molar-refractivity contribution < 1.29 is 24.2 Å². The number of aliphatic carboxylic acids is 1. The zero-order valence-corrected chi connectivity index (χ0v) is 19.1. The maximum Gasteiger partial charge on any atom is 0.413 e. The van der Waals surface area contributed by atoms with Crippen LogP contribution in [0.2, 0.25) is 0 Å². The lowest BCUT2D eigenvalue weighted by Crippen LogP contribution is -2.47. The first kappa shape index (κ1) is 22.1. The van der Waals surface area contributed by atoms with Crippen LogP contribution in [0.5, 0.6) is 0 Å². The molecule has 0 unspecified atom stereocenters. The molecule has 1 aromatic heterocycles. The average Bonchev–Trinajstić information content (AvgIpc) is 3.45. The number of amides is 2. The first-order valence-electron chi connectivity index (χ1n) is 11.1. The number of piperidine rings is 1. The van der Waals surface area contributed by atoms with Gasteiger partial charge in [-0.2, -0.15) is 0 Å². The largest absolute Gasteiger partial charge is 0.480 e. The van der Waals surface area contributed by atoms with Gasteiger partial charge >= 0.3 is 12.1 Å². The molecule has 1 aliphatic carbocycles. The van der Waals surface area contributed by atoms with Gasteiger partial charge in [0.2, 0.25) is 0 Å². The van der Waals surface area contributed by atoms with Gasteiger partial charge in [0.05, 0.1) is 6.20 Å². The molecule has 1 aliphatic heterocycles. The Hall–Kier alpha value is -3.72. The van der Waals surface area contributed by atoms with E-state index in [1.54, 1.807) is 0 Å². The lowest BCUT2D eigenvalue weighted by atomic mass is 9.98. The summed E-state index contributed by atoms with van der Waals surface area (Å²) >= 11 is 1.00. The second-order valence-corrected chi connectivity index (χ2v) is 9.36. The molecule has 1 atom stereocenters. The first-order chi connectivity index (χ1) is 16.5. The molecule has 0 spiro atoms. The predicted octanol–water partition coefficient (Wildman–Crippen LogP) is 4.58. The highest BCUT2D eigenvalue weighted by Gasteiger charge is 2.33. The van der Waals surface area contributed by atoms with Crippen molar-refractivity contribution in [2.75, 3.05) is 18.5 Å². The summed E-state index contributed by atoms with van der Waals surface area (Å²) in [7, 11) is 0. The Kier molecular flexibility index (Phi) is 6.02. The van der Waals surface area contributed by atoms with Gasteiger partial charge in [-0.15, -0.1) is 0 Å². The van der Waals surface area contributed by atoms with Crippen molar-refractivity contribution in [3.8, 4) is 11.1 Å². The van der Waals surface area contributed by atoms with Crippen molar-refractivity contribution in [2.24, 2.45) is 0 Å². The van der Waals surface area contributed by atoms with Crippen LogP contribution in [0.15, 0.2) is 54.7 Å². The molecule has 2 aromatic carbocycles. The molecule has 5 rings (SSSR count). The zero-order chi connectivity index (χ0) is 23.7. The number of hydrogen-bond donors (Lipinski definition) is 2. The van der Waals surface area contributed by atoms with Gasteiger partial charge in [0, 0.05) is 12.5 Å². The fourth-order valence-corrected chi connectivity index (χ4v) is 5.48. The predicted molar refractivity (Wildman–Crippen MR) is 127 cm³/mol. The number of thiazole rings is 1. The molecule has 1 fully saturated rings. The third-order valence-electron chi connectivity index (χ3n) is 6.32. The molecule has 8 nitrogen and oxygen atoms in total. The van der Waals surface area contributed by atoms with Crippen LogP contribution in [0, 0.1) is 0 Å². The van der Waals surface area contributed by atoms with E-state index in [0.29, 0.717) is 13.0 Å². The normalized spacial score (nSPS) is 17.1. The molecule has 174 valence electrons. The van der Waals surface area contributed by atoms with E-state index in [9.17, 15) is 19.5 Å². The number of nitrogens with zero attached hydrogens (tertiary/aromatic N) is 2. The van der Waals surface area contributed by atoms with Gasteiger partial charge in [0.25, 0.3) is 5.91 Å². The molecule has 34 heavy (non-hydrogen) atoms. The molecule has 9 heteroatoms. The fraction of sp³-hybridized carbons (Fsp3) is 0.280. The van der Waals surface area contributed by atoms with Gasteiger partial charge in [0.1, 0.15) is 17.5 Å². The van der Waals surface area contributed by atoms with Crippen LogP contribution in [-0.4, -0.2) is 52.2 Å². The van der Waals surface area contributed by atoms with Crippen molar-refractivity contribution in [1.82, 2.24) is 9.88 Å². The third-order valence-corrected chi connectivity index (χ3v) is 7.22. The van der Waals surface area contributed by atoms with Gasteiger partial charge in [-0.3, -0.25) is 10.1 Å². The minimum absolute atomic E-state index is 0.0568. The molecule has 2 amide bonds. The van der Waals surface area contributed by atoms with E-state index >= 15 is 0 Å². The molecular weight excluding hydrogens is 454 g/mol. The van der Waals surface area contributed by atoms with E-state index in [1.807, 2.05) is 36.4 Å². The molecule has 2 aliphatic rings. The van der Waals surface area contributed by atoms with Crippen LogP contribution in [0.1, 0.15) is 46.0 Å². The molecule has 0 radical (unpaired) electrons. The Morgan fingerprint density at radius 2 is 1.74 bits per heavy atom. The summed E-state index contributed by atoms with van der Waals surface area (Å²) in [6.07, 6.45) is 2.68. The number of nitrogens with one attached hydrogen (secondary N) is 1. The summed E-state index contributed by atoms with van der Waals surface area (Å²) in [6.45, 7) is 0.563. The smallest absolute Gasteiger partial charge is 0.413 e. The third kappa shape index (κ3) is 4.14. The van der Waals surface area contributed by atoms with Crippen molar-refractivity contribution in [2.45, 2.75) is 31.2 Å². The van der Waals surface area contributed by atoms with Crippen molar-refractivity contribution in [3.63, 3.8) is 0 Å². The Labute approximate surface area is 200 Å². The number of carboxylic acid groups (broad SMARTS) is 1. The van der Waals surface area contributed by atoms with E-state index in [1.165, 1.54) is 11.1 Å². The van der Waals surface area contributed by atoms with Gasteiger partial charge in [-0.25, -0.2) is 14.6 Å². The minimum Gasteiger partial charge on any atom is -0.480 e. The Balaban J connectivity index is 1.23. The summed E-state index contributed by atoms with van der Waals surface area (Å²) in [4.78, 5) is 42.6. The second-order valence-electron chi connectivity index (χ2n) is 8.33. The highest BCUT2D eigenvalue weighted by molar-refractivity contribution is 7.17. The number of carbonyl (C=O) groups excluding carboxylic acids is 2. The van der Waals surface area contributed by atoms with E-state index in [2.05, 4.69) is 22.4 Å². The number of aromatic nitrogens is 1. The van der Waals surface area contributed by atoms with Crippen LogP contribution < -0.4 is 5.32 Å². The van der Waals surface area contributed by atoms with Crippen LogP contribution in [0.25, 0.3) is 11.1 Å². The van der Waals surface area contributed by atoms with Gasteiger partial charge in [0.15, 0.2) is 5.13 Å². The molecule has 1 saturated heterocycles. The molecule has 2 N–H and O–H groups in total. The average molecular weight is 478 g/mol. The van der Waals surface area contributed by atoms with Crippen molar-refractivity contribution in [3.05, 3.63) is 70.7 Å². The van der Waals surface area contributed by atoms with E-state index in [0.717, 1.165) is 46.4 Å². The number of ether oxygens (including phenoxy) is 1. The summed E-state index contributed by atoms with van der Waals surface area (Å²) in [5.74, 6) is -1.45. The first-order valence-corrected chi connectivity index (χ1v) is 12.0. The standard InChI is InChI=1S/C25H23N3O5S/c29-22(28-12-6-5-11-20(28)23(30)31)21-13-26-24(34-21)27-25(32)33-14-19-17-9-3-1-7-15(17)16-8-2-4-10-18(16)19/h1-4,7-10,13,19-20H,5-6,11-12,14H2,(H,30,31)(H,26,27,32)/t20-/m0/s1. The number of hydrogen-bond acceptors (Lipinski definition) is 6. The monoisotopic (exact) mass is 477 g/mol. The second kappa shape index (κ2) is 9.26. The fourth-order valence-electron chi connectivity index (χ4n) is 4.73. The number of carboxylic acids is 1. The molecule has 0 bridgehead atoms. The number of likely N-dealkylation sites (tertiary alicyclic amines) is 1. The Morgan fingerprint density at radius 3 is 2.41 bits per heavy atom. The topological polar surface area (TPSA) is 109 Å². The van der Waals surface area contributed by atoms with E-state index in [-0.39, 0.29) is 28.4 Å². The summed E-state index contributed by atoms with van der Waals surface area (Å²) < 4.78 is 5.52. The Morgan fingerprint density at radius 1 is 1.06 bits per heavy atom. The van der Waals surface area contributed by atoms with Crippen LogP contribution in [0.3, 0.4) is 0 Å². The zero-order valence-electron chi connectivity index (χ0n) is 18.3. The van der Waals surface area contributed by atoms with Crippen molar-refractivity contribution in [1.29, 1.82) is 0 Å². The molecule has 3 aromatic rings. The number of rotatable bonds is 5. The van der Waals surface area contributed by atoms with Gasteiger partial charge < -0.3 is 14.7 Å². The lowest BCUT2D eigenvalue weighted by molar-refractivity contribution is -0.143. The number of carbonyl (C=O) groups is 3. The molecule has 2 heterocycles. The number of anilines is 1. The number of benzene rings is 2. The van der Waals surface area contributed by atoms with Crippen LogP contribution in [-0.2, 0) is 9.53 Å². The highest BCUT2D eigenvalue weighted by Crippen LogP contribution is 2.44. The molecular formula is C25H23N3O5S. The van der Waals surface area contributed by atoms with Gasteiger partial charge in [-0.05, 0) is 41.5 Å². The van der Waals surface area contributed by atoms with Crippen LogP contribution in [0.4, 0.5) is 9.93 Å². The summed E-state index contributed by atoms with van der Waals surface area (Å²) in [6, 6.07) is 15.3. The SMILES string of the molecule is O=C(Nc1ncc(C(=O)N2CCCC[C@H]2C(=O)O)s1)OCC1c2ccccc2-c2ccccc21. The molecule has 0 saturated carbocycles. The lowest BCUT2D eigenvalue weighted by Gasteiger charge is -2.32.